The Morgan fingerprint density at radius 2 is 1.92 bits per heavy atom. The number of amides is 1. The predicted octanol–water partition coefficient (Wildman–Crippen LogP) is 4.63. The molecule has 3 aromatic rings. The molecule has 8 nitrogen and oxygen atoms in total. The zero-order valence-corrected chi connectivity index (χ0v) is 21.4. The molecule has 39 heavy (non-hydrogen) atoms. The van der Waals surface area contributed by atoms with Crippen molar-refractivity contribution < 1.29 is 22.4 Å². The summed E-state index contributed by atoms with van der Waals surface area (Å²) in [5.74, 6) is -1.57. The average Bonchev–Trinajstić information content (AvgIpc) is 3.30. The van der Waals surface area contributed by atoms with Crippen molar-refractivity contribution in [1.29, 1.82) is 5.26 Å². The van der Waals surface area contributed by atoms with Gasteiger partial charge in [-0.2, -0.15) is 18.4 Å². The molecule has 1 amide bonds. The van der Waals surface area contributed by atoms with Gasteiger partial charge in [-0.3, -0.25) is 9.78 Å². The number of alkyl halides is 3. The lowest BCUT2D eigenvalue weighted by molar-refractivity contribution is -0.148. The monoisotopic (exact) mass is 541 g/mol. The van der Waals surface area contributed by atoms with E-state index in [-0.39, 0.29) is 48.7 Å². The Bertz CT molecular complexity index is 1490. The van der Waals surface area contributed by atoms with E-state index in [9.17, 15) is 23.2 Å². The van der Waals surface area contributed by atoms with Crippen molar-refractivity contribution in [3.63, 3.8) is 0 Å². The molecule has 0 spiro atoms. The highest BCUT2D eigenvalue weighted by Gasteiger charge is 2.41. The molecule has 0 bridgehead atoms. The van der Waals surface area contributed by atoms with Crippen LogP contribution in [-0.2, 0) is 24.1 Å². The first-order valence-electron chi connectivity index (χ1n) is 13.2. The molecular formula is C27H27F4N7O. The van der Waals surface area contributed by atoms with Crippen LogP contribution in [0.3, 0.4) is 0 Å². The molecule has 1 aliphatic carbocycles. The van der Waals surface area contributed by atoms with Crippen molar-refractivity contribution in [2.45, 2.75) is 57.8 Å². The van der Waals surface area contributed by atoms with Gasteiger partial charge in [0.2, 0.25) is 11.7 Å². The minimum atomic E-state index is -4.60. The lowest BCUT2D eigenvalue weighted by atomic mass is 9.79. The SMILES string of the molecule is CC1CN(c2c(C#N)cnc3c(F)cc(C4CCC4)cc23)CCC1C(=O)N1CCn2c(nnc2C(F)(F)F)C1. The quantitative estimate of drug-likeness (QED) is 0.449. The van der Waals surface area contributed by atoms with Crippen LogP contribution in [-0.4, -0.2) is 50.2 Å². The molecule has 1 saturated carbocycles. The van der Waals surface area contributed by atoms with Crippen LogP contribution >= 0.6 is 0 Å². The molecule has 2 aliphatic heterocycles. The zero-order valence-electron chi connectivity index (χ0n) is 21.4. The van der Waals surface area contributed by atoms with Gasteiger partial charge in [0.05, 0.1) is 17.8 Å². The Kier molecular flexibility index (Phi) is 6.19. The van der Waals surface area contributed by atoms with Crippen LogP contribution in [0, 0.1) is 29.0 Å². The fourth-order valence-electron chi connectivity index (χ4n) is 6.17. The van der Waals surface area contributed by atoms with Crippen LogP contribution in [0.25, 0.3) is 10.9 Å². The molecule has 2 unspecified atom stereocenters. The summed E-state index contributed by atoms with van der Waals surface area (Å²) >= 11 is 0. The fraction of sp³-hybridized carbons (Fsp3) is 0.519. The summed E-state index contributed by atoms with van der Waals surface area (Å²) in [5, 5.41) is 17.5. The molecule has 3 aliphatic rings. The van der Waals surface area contributed by atoms with Gasteiger partial charge in [0, 0.05) is 43.7 Å². The van der Waals surface area contributed by atoms with Gasteiger partial charge in [-0.05, 0) is 48.8 Å². The maximum Gasteiger partial charge on any atom is 0.451 e. The van der Waals surface area contributed by atoms with Crippen LogP contribution in [0.5, 0.6) is 0 Å². The summed E-state index contributed by atoms with van der Waals surface area (Å²) in [7, 11) is 0. The van der Waals surface area contributed by atoms with Crippen molar-refractivity contribution >= 4 is 22.5 Å². The Morgan fingerprint density at radius 1 is 1.13 bits per heavy atom. The second-order valence-corrected chi connectivity index (χ2v) is 10.8. The number of fused-ring (bicyclic) bond motifs is 2. The normalized spacial score (nSPS) is 21.9. The number of hydrogen-bond donors (Lipinski definition) is 0. The van der Waals surface area contributed by atoms with E-state index < -0.39 is 17.8 Å². The molecule has 204 valence electrons. The topological polar surface area (TPSA) is 90.9 Å². The predicted molar refractivity (Wildman–Crippen MR) is 133 cm³/mol. The molecule has 2 aromatic heterocycles. The minimum Gasteiger partial charge on any atom is -0.370 e. The van der Waals surface area contributed by atoms with E-state index in [1.54, 1.807) is 11.0 Å². The molecular weight excluding hydrogens is 514 g/mol. The third-order valence-electron chi connectivity index (χ3n) is 8.47. The maximum absolute atomic E-state index is 15.1. The van der Waals surface area contributed by atoms with Gasteiger partial charge < -0.3 is 14.4 Å². The van der Waals surface area contributed by atoms with E-state index in [0.29, 0.717) is 42.1 Å². The van der Waals surface area contributed by atoms with Gasteiger partial charge in [-0.15, -0.1) is 10.2 Å². The minimum absolute atomic E-state index is 0.0143. The van der Waals surface area contributed by atoms with Crippen LogP contribution in [0.2, 0.25) is 0 Å². The molecule has 2 atom stereocenters. The van der Waals surface area contributed by atoms with Crippen molar-refractivity contribution in [2.75, 3.05) is 24.5 Å². The number of benzene rings is 1. The summed E-state index contributed by atoms with van der Waals surface area (Å²) in [6, 6.07) is 5.73. The van der Waals surface area contributed by atoms with Crippen molar-refractivity contribution in [2.24, 2.45) is 11.8 Å². The lowest BCUT2D eigenvalue weighted by Crippen LogP contribution is -2.49. The maximum atomic E-state index is 15.1. The van der Waals surface area contributed by atoms with Crippen LogP contribution in [0.4, 0.5) is 23.2 Å². The van der Waals surface area contributed by atoms with Crippen molar-refractivity contribution in [3.8, 4) is 6.07 Å². The number of carbonyl (C=O) groups is 1. The largest absolute Gasteiger partial charge is 0.451 e. The van der Waals surface area contributed by atoms with Gasteiger partial charge >= 0.3 is 6.18 Å². The Labute approximate surface area is 222 Å². The van der Waals surface area contributed by atoms with Gasteiger partial charge in [0.15, 0.2) is 5.82 Å². The van der Waals surface area contributed by atoms with E-state index in [1.807, 2.05) is 17.9 Å². The molecule has 4 heterocycles. The number of anilines is 1. The molecule has 0 radical (unpaired) electrons. The number of halogens is 4. The summed E-state index contributed by atoms with van der Waals surface area (Å²) < 4.78 is 55.7. The van der Waals surface area contributed by atoms with E-state index in [1.165, 1.54) is 6.20 Å². The van der Waals surface area contributed by atoms with Crippen LogP contribution in [0.1, 0.15) is 61.3 Å². The number of pyridine rings is 1. The second kappa shape index (κ2) is 9.47. The van der Waals surface area contributed by atoms with E-state index in [0.717, 1.165) is 29.4 Å². The number of nitriles is 1. The van der Waals surface area contributed by atoms with Crippen molar-refractivity contribution in [3.05, 3.63) is 46.9 Å². The highest BCUT2D eigenvalue weighted by atomic mass is 19.4. The molecule has 0 N–H and O–H groups in total. The smallest absolute Gasteiger partial charge is 0.370 e. The molecule has 12 heteroatoms. The summed E-state index contributed by atoms with van der Waals surface area (Å²) in [5.41, 5.74) is 2.16. The Hall–Kier alpha value is -3.75. The average molecular weight is 542 g/mol. The third-order valence-corrected chi connectivity index (χ3v) is 8.47. The van der Waals surface area contributed by atoms with Crippen LogP contribution < -0.4 is 4.90 Å². The molecule has 1 aromatic carbocycles. The van der Waals surface area contributed by atoms with E-state index >= 15 is 4.39 Å². The number of nitrogens with zero attached hydrogens (tertiary/aromatic N) is 7. The van der Waals surface area contributed by atoms with Gasteiger partial charge in [0.1, 0.15) is 17.4 Å². The number of piperidine rings is 1. The standard InChI is InChI=1S/C27H27F4N7O/c1-15-13-36(24-18(11-32)12-33-23-20(24)9-17(10-21(23)28)16-3-2-4-16)6-5-19(15)25(39)37-7-8-38-22(14-37)34-35-26(38)27(29,30)31/h9-10,12,15-16,19H,2-8,13-14H2,1H3. The second-order valence-electron chi connectivity index (χ2n) is 10.8. The van der Waals surface area contributed by atoms with E-state index in [2.05, 4.69) is 21.3 Å². The highest BCUT2D eigenvalue weighted by molar-refractivity contribution is 5.95. The fourth-order valence-corrected chi connectivity index (χ4v) is 6.17. The molecule has 2 fully saturated rings. The summed E-state index contributed by atoms with van der Waals surface area (Å²) in [6.45, 7) is 3.02. The molecule has 1 saturated heterocycles. The van der Waals surface area contributed by atoms with Crippen LogP contribution in [0.15, 0.2) is 18.3 Å². The Morgan fingerprint density at radius 3 is 2.59 bits per heavy atom. The zero-order chi connectivity index (χ0) is 27.5. The first kappa shape index (κ1) is 25.5. The van der Waals surface area contributed by atoms with Gasteiger partial charge in [0.25, 0.3) is 0 Å². The highest BCUT2D eigenvalue weighted by Crippen LogP contribution is 2.41. The third kappa shape index (κ3) is 4.37. The summed E-state index contributed by atoms with van der Waals surface area (Å²) in [6.07, 6.45) is 0.452. The number of aromatic nitrogens is 4. The first-order valence-corrected chi connectivity index (χ1v) is 13.2. The Balaban J connectivity index is 1.23. The molecule has 6 rings (SSSR count). The van der Waals surface area contributed by atoms with Gasteiger partial charge in [-0.25, -0.2) is 4.39 Å². The number of rotatable bonds is 3. The van der Waals surface area contributed by atoms with E-state index in [4.69, 9.17) is 0 Å². The summed E-state index contributed by atoms with van der Waals surface area (Å²) in [4.78, 5) is 21.3. The number of carbonyl (C=O) groups excluding carboxylic acids is 1. The number of hydrogen-bond acceptors (Lipinski definition) is 6. The lowest BCUT2D eigenvalue weighted by Gasteiger charge is -2.40. The van der Waals surface area contributed by atoms with Gasteiger partial charge in [-0.1, -0.05) is 13.3 Å². The van der Waals surface area contributed by atoms with Crippen molar-refractivity contribution in [1.82, 2.24) is 24.6 Å². The first-order chi connectivity index (χ1) is 18.7.